The van der Waals surface area contributed by atoms with Crippen molar-refractivity contribution in [3.63, 3.8) is 0 Å². The van der Waals surface area contributed by atoms with E-state index in [9.17, 15) is 9.77 Å². The molecule has 0 bridgehead atoms. The van der Waals surface area contributed by atoms with Gasteiger partial charge in [-0.3, -0.25) is 4.57 Å². The largest absolute Gasteiger partial charge is 0.345 e. The van der Waals surface area contributed by atoms with Gasteiger partial charge in [0, 0.05) is 26.2 Å². The molecule has 1 N–H and O–H groups in total. The van der Waals surface area contributed by atoms with Crippen LogP contribution in [0.25, 0.3) is 0 Å². The lowest BCUT2D eigenvalue weighted by atomic mass is 10.0. The van der Waals surface area contributed by atoms with Crippen LogP contribution in [0.4, 0.5) is 0 Å². The van der Waals surface area contributed by atoms with E-state index in [4.69, 9.17) is 4.52 Å². The van der Waals surface area contributed by atoms with Gasteiger partial charge in [0.15, 0.2) is 0 Å². The molecule has 0 aromatic heterocycles. The van der Waals surface area contributed by atoms with Crippen LogP contribution in [0, 0.1) is 0 Å². The lowest BCUT2D eigenvalue weighted by Crippen LogP contribution is -2.45. The van der Waals surface area contributed by atoms with Gasteiger partial charge in [0.2, 0.25) is 0 Å². The number of hydrogen-bond donors (Lipinski definition) is 1. The summed E-state index contributed by atoms with van der Waals surface area (Å²) in [7, 11) is 0.665. The maximum atomic E-state index is 13.8. The van der Waals surface area contributed by atoms with Crippen LogP contribution in [-0.2, 0) is 9.09 Å². The highest BCUT2D eigenvalue weighted by Crippen LogP contribution is 2.54. The van der Waals surface area contributed by atoms with E-state index in [1.165, 1.54) is 62.9 Å². The summed E-state index contributed by atoms with van der Waals surface area (Å²) in [5.41, 5.74) is 0. The third-order valence-corrected chi connectivity index (χ3v) is 8.59. The first-order valence-corrected chi connectivity index (χ1v) is 13.6. The maximum absolute atomic E-state index is 13.8. The highest BCUT2D eigenvalue weighted by molar-refractivity contribution is 7.53. The van der Waals surface area contributed by atoms with Crippen molar-refractivity contribution in [3.8, 4) is 0 Å². The third kappa shape index (κ3) is 10.8. The average Bonchev–Trinajstić information content (AvgIpc) is 2.70. The number of nitrogens with zero attached hydrogens (tertiary/aromatic N) is 3. The smallest absolute Gasteiger partial charge is 0.314 e. The Labute approximate surface area is 180 Å². The molecule has 6 nitrogen and oxygen atoms in total. The van der Waals surface area contributed by atoms with Crippen molar-refractivity contribution < 1.29 is 14.3 Å². The van der Waals surface area contributed by atoms with Crippen molar-refractivity contribution in [1.82, 2.24) is 14.4 Å². The van der Waals surface area contributed by atoms with E-state index in [-0.39, 0.29) is 6.10 Å². The first-order valence-electron chi connectivity index (χ1n) is 12.1. The second-order valence-corrected chi connectivity index (χ2v) is 11.3. The molecule has 0 saturated carbocycles. The minimum Gasteiger partial charge on any atom is -0.314 e. The Morgan fingerprint density at radius 3 is 1.72 bits per heavy atom. The van der Waals surface area contributed by atoms with E-state index in [2.05, 4.69) is 13.8 Å². The van der Waals surface area contributed by atoms with Gasteiger partial charge in [-0.05, 0) is 26.9 Å². The van der Waals surface area contributed by atoms with Crippen molar-refractivity contribution >= 4 is 7.67 Å². The van der Waals surface area contributed by atoms with Crippen LogP contribution in [0.1, 0.15) is 97.3 Å². The standard InChI is InChI=1S/C22H48N3O3P/c1-5-7-9-11-13-15-17-22(16-14-12-10-8-6-2)28-29(27,23(3)4)25-20-18-24(26)19-21-25/h22,26H,5-21H2,1-4H3. The quantitative estimate of drug-likeness (QED) is 0.219. The van der Waals surface area contributed by atoms with Gasteiger partial charge >= 0.3 is 7.67 Å². The number of hydroxylamine groups is 2. The van der Waals surface area contributed by atoms with Crippen LogP contribution in [0.5, 0.6) is 0 Å². The molecule has 0 aromatic rings. The molecular formula is C22H48N3O3P. The summed E-state index contributed by atoms with van der Waals surface area (Å²) in [5, 5.41) is 11.0. The van der Waals surface area contributed by atoms with Gasteiger partial charge in [-0.25, -0.2) is 9.34 Å². The van der Waals surface area contributed by atoms with Gasteiger partial charge in [-0.15, -0.1) is 0 Å². The van der Waals surface area contributed by atoms with E-state index in [1.54, 1.807) is 4.67 Å². The van der Waals surface area contributed by atoms with Crippen LogP contribution >= 0.6 is 7.67 Å². The Morgan fingerprint density at radius 1 is 0.828 bits per heavy atom. The van der Waals surface area contributed by atoms with Crippen molar-refractivity contribution in [1.29, 1.82) is 0 Å². The Hall–Kier alpha value is 0.0300. The highest BCUT2D eigenvalue weighted by Gasteiger charge is 2.38. The van der Waals surface area contributed by atoms with E-state index in [0.717, 1.165) is 25.7 Å². The SMILES string of the molecule is CCCCCCCCC(CCCCCCC)OP(=O)(N(C)C)N1CCN(O)CC1. The number of piperazine rings is 1. The molecule has 29 heavy (non-hydrogen) atoms. The van der Waals surface area contributed by atoms with Crippen LogP contribution < -0.4 is 0 Å². The third-order valence-electron chi connectivity index (χ3n) is 5.89. The fourth-order valence-electron chi connectivity index (χ4n) is 3.92. The Bertz CT molecular complexity index is 443. The summed E-state index contributed by atoms with van der Waals surface area (Å²) in [4.78, 5) is 0. The van der Waals surface area contributed by atoms with Crippen molar-refractivity contribution in [2.75, 3.05) is 40.3 Å². The predicted molar refractivity (Wildman–Crippen MR) is 122 cm³/mol. The van der Waals surface area contributed by atoms with Crippen molar-refractivity contribution in [2.24, 2.45) is 0 Å². The molecule has 1 rings (SSSR count). The van der Waals surface area contributed by atoms with Gasteiger partial charge in [-0.1, -0.05) is 84.5 Å². The van der Waals surface area contributed by atoms with Gasteiger partial charge in [0.25, 0.3) is 0 Å². The molecule has 1 heterocycles. The fraction of sp³-hybridized carbons (Fsp3) is 1.00. The highest BCUT2D eigenvalue weighted by atomic mass is 31.2. The second-order valence-electron chi connectivity index (χ2n) is 8.73. The van der Waals surface area contributed by atoms with E-state index in [0.29, 0.717) is 26.2 Å². The molecule has 0 spiro atoms. The molecule has 7 heteroatoms. The molecule has 0 aromatic carbocycles. The Kier molecular flexibility index (Phi) is 14.7. The predicted octanol–water partition coefficient (Wildman–Crippen LogP) is 6.16. The number of hydrogen-bond acceptors (Lipinski definition) is 4. The Morgan fingerprint density at radius 2 is 1.28 bits per heavy atom. The van der Waals surface area contributed by atoms with Crippen LogP contribution in [0.2, 0.25) is 0 Å². The molecule has 0 aliphatic carbocycles. The van der Waals surface area contributed by atoms with Crippen LogP contribution in [0.15, 0.2) is 0 Å². The monoisotopic (exact) mass is 433 g/mol. The molecule has 1 saturated heterocycles. The summed E-state index contributed by atoms with van der Waals surface area (Å²) >= 11 is 0. The zero-order chi connectivity index (χ0) is 21.5. The van der Waals surface area contributed by atoms with Gasteiger partial charge < -0.3 is 9.73 Å². The van der Waals surface area contributed by atoms with Crippen molar-refractivity contribution in [3.05, 3.63) is 0 Å². The molecular weight excluding hydrogens is 385 g/mol. The van der Waals surface area contributed by atoms with Crippen molar-refractivity contribution in [2.45, 2.75) is 103 Å². The fourth-order valence-corrected chi connectivity index (χ4v) is 6.04. The molecule has 0 radical (unpaired) electrons. The minimum absolute atomic E-state index is 0.0585. The molecule has 0 amide bonds. The summed E-state index contributed by atoms with van der Waals surface area (Å²) in [6, 6.07) is 0. The van der Waals surface area contributed by atoms with Crippen LogP contribution in [-0.4, -0.2) is 66.0 Å². The number of unbranched alkanes of at least 4 members (excludes halogenated alkanes) is 9. The lowest BCUT2D eigenvalue weighted by Gasteiger charge is -2.40. The summed E-state index contributed by atoms with van der Waals surface area (Å²) in [5.74, 6) is 0. The Balaban J connectivity index is 2.62. The molecule has 1 aliphatic rings. The number of rotatable bonds is 17. The summed E-state index contributed by atoms with van der Waals surface area (Å²) < 4.78 is 24.0. The zero-order valence-corrected chi connectivity index (χ0v) is 20.5. The average molecular weight is 434 g/mol. The molecule has 1 aliphatic heterocycles. The van der Waals surface area contributed by atoms with E-state index < -0.39 is 7.67 Å². The van der Waals surface area contributed by atoms with E-state index >= 15 is 0 Å². The summed E-state index contributed by atoms with van der Waals surface area (Å²) in [6.45, 7) is 6.67. The molecule has 2 atom stereocenters. The second kappa shape index (κ2) is 15.8. The van der Waals surface area contributed by atoms with Gasteiger partial charge in [-0.2, -0.15) is 5.06 Å². The normalized spacial score (nSPS) is 19.5. The maximum Gasteiger partial charge on any atom is 0.345 e. The van der Waals surface area contributed by atoms with Gasteiger partial charge in [0.1, 0.15) is 0 Å². The first kappa shape index (κ1) is 27.1. The lowest BCUT2D eigenvalue weighted by molar-refractivity contribution is -0.110. The zero-order valence-electron chi connectivity index (χ0n) is 19.7. The van der Waals surface area contributed by atoms with E-state index in [1.807, 2.05) is 18.8 Å². The topological polar surface area (TPSA) is 56.2 Å². The minimum atomic E-state index is -3.05. The molecule has 174 valence electrons. The molecule has 2 unspecified atom stereocenters. The summed E-state index contributed by atoms with van der Waals surface area (Å²) in [6.07, 6.45) is 15.9. The van der Waals surface area contributed by atoms with Gasteiger partial charge in [0.05, 0.1) is 6.10 Å². The molecule has 1 fully saturated rings. The first-order chi connectivity index (χ1) is 13.9. The van der Waals surface area contributed by atoms with Crippen LogP contribution in [0.3, 0.4) is 0 Å².